The molecule has 16 heavy (non-hydrogen) atoms. The summed E-state index contributed by atoms with van der Waals surface area (Å²) in [5, 5.41) is 0. The number of carbonyl (C=O) groups is 1. The van der Waals surface area contributed by atoms with Gasteiger partial charge in [-0.05, 0) is 0 Å². The first-order valence-electron chi connectivity index (χ1n) is 3.70. The standard InChI is InChI=1S/C6H7F7N2O/c7-4(8,2(14)1-3(15)16)5(9,10)6(11,12)13/h2H,1,14H2,(H2,15,16). The summed E-state index contributed by atoms with van der Waals surface area (Å²) in [6.45, 7) is 0. The van der Waals surface area contributed by atoms with Crippen molar-refractivity contribution in [1.82, 2.24) is 0 Å². The molecule has 0 aliphatic carbocycles. The Labute approximate surface area is 84.6 Å². The molecule has 0 heterocycles. The molecule has 4 N–H and O–H groups in total. The van der Waals surface area contributed by atoms with Crippen molar-refractivity contribution in [3.8, 4) is 0 Å². The van der Waals surface area contributed by atoms with Gasteiger partial charge in [-0.2, -0.15) is 30.7 Å². The van der Waals surface area contributed by atoms with Crippen LogP contribution in [0, 0.1) is 0 Å². The molecule has 0 aliphatic heterocycles. The zero-order valence-corrected chi connectivity index (χ0v) is 7.49. The lowest BCUT2D eigenvalue weighted by molar-refractivity contribution is -0.358. The van der Waals surface area contributed by atoms with E-state index in [4.69, 9.17) is 0 Å². The molecule has 0 bridgehead atoms. The van der Waals surface area contributed by atoms with Gasteiger partial charge >= 0.3 is 18.0 Å². The highest BCUT2D eigenvalue weighted by atomic mass is 19.4. The Morgan fingerprint density at radius 3 is 1.69 bits per heavy atom. The highest BCUT2D eigenvalue weighted by Crippen LogP contribution is 2.47. The Morgan fingerprint density at radius 2 is 1.44 bits per heavy atom. The van der Waals surface area contributed by atoms with Gasteiger partial charge in [-0.3, -0.25) is 4.79 Å². The molecule has 0 aromatic rings. The molecule has 10 heteroatoms. The van der Waals surface area contributed by atoms with Crippen molar-refractivity contribution in [2.24, 2.45) is 11.5 Å². The average Bonchev–Trinajstić information content (AvgIpc) is 2.00. The molecule has 1 amide bonds. The van der Waals surface area contributed by atoms with Gasteiger partial charge in [0.15, 0.2) is 0 Å². The summed E-state index contributed by atoms with van der Waals surface area (Å²) in [6.07, 6.45) is -7.95. The van der Waals surface area contributed by atoms with E-state index in [0.29, 0.717) is 0 Å². The fourth-order valence-electron chi connectivity index (χ4n) is 0.767. The predicted octanol–water partition coefficient (Wildman–Crippen LogP) is 1.02. The van der Waals surface area contributed by atoms with Gasteiger partial charge in [0.2, 0.25) is 5.91 Å². The lowest BCUT2D eigenvalue weighted by Crippen LogP contribution is -2.61. The molecule has 0 aromatic carbocycles. The maximum atomic E-state index is 12.6. The normalized spacial score (nSPS) is 16.0. The van der Waals surface area contributed by atoms with Crippen LogP contribution in [-0.4, -0.2) is 30.0 Å². The van der Waals surface area contributed by atoms with Crippen molar-refractivity contribution in [3.05, 3.63) is 0 Å². The quantitative estimate of drug-likeness (QED) is 0.737. The molecule has 96 valence electrons. The molecule has 1 atom stereocenters. The number of halogens is 7. The van der Waals surface area contributed by atoms with E-state index in [2.05, 4.69) is 11.5 Å². The summed E-state index contributed by atoms with van der Waals surface area (Å²) in [7, 11) is 0. The molecule has 3 nitrogen and oxygen atoms in total. The van der Waals surface area contributed by atoms with Gasteiger partial charge in [0.1, 0.15) is 0 Å². The van der Waals surface area contributed by atoms with Gasteiger partial charge < -0.3 is 11.5 Å². The number of amides is 1. The van der Waals surface area contributed by atoms with Crippen molar-refractivity contribution in [2.75, 3.05) is 0 Å². The maximum absolute atomic E-state index is 12.6. The summed E-state index contributed by atoms with van der Waals surface area (Å²) in [6, 6.07) is -3.01. The number of primary amides is 1. The monoisotopic (exact) mass is 256 g/mol. The van der Waals surface area contributed by atoms with Crippen LogP contribution in [0.4, 0.5) is 30.7 Å². The van der Waals surface area contributed by atoms with Gasteiger partial charge in [0.05, 0.1) is 6.04 Å². The lowest BCUT2D eigenvalue weighted by atomic mass is 10.0. The van der Waals surface area contributed by atoms with Crippen LogP contribution in [0.25, 0.3) is 0 Å². The maximum Gasteiger partial charge on any atom is 0.459 e. The molecule has 0 aromatic heterocycles. The highest BCUT2D eigenvalue weighted by molar-refractivity contribution is 5.74. The molecule has 1 unspecified atom stereocenters. The second-order valence-corrected chi connectivity index (χ2v) is 2.97. The molecule has 0 fully saturated rings. The fraction of sp³-hybridized carbons (Fsp3) is 0.833. The smallest absolute Gasteiger partial charge is 0.370 e. The number of alkyl halides is 7. The number of nitrogens with two attached hydrogens (primary N) is 2. The third kappa shape index (κ3) is 2.54. The first kappa shape index (κ1) is 14.9. The van der Waals surface area contributed by atoms with Gasteiger partial charge in [0.25, 0.3) is 0 Å². The van der Waals surface area contributed by atoms with Crippen LogP contribution in [0.2, 0.25) is 0 Å². The summed E-state index contributed by atoms with van der Waals surface area (Å²) in [5.74, 6) is -13.4. The molecule has 0 radical (unpaired) electrons. The van der Waals surface area contributed by atoms with E-state index in [1.165, 1.54) is 0 Å². The highest BCUT2D eigenvalue weighted by Gasteiger charge is 2.74. The van der Waals surface area contributed by atoms with Crippen molar-refractivity contribution in [1.29, 1.82) is 0 Å². The number of hydrogen-bond acceptors (Lipinski definition) is 2. The van der Waals surface area contributed by atoms with E-state index in [9.17, 15) is 35.5 Å². The third-order valence-electron chi connectivity index (χ3n) is 1.66. The summed E-state index contributed by atoms with van der Waals surface area (Å²) >= 11 is 0. The fourth-order valence-corrected chi connectivity index (χ4v) is 0.767. The van der Waals surface area contributed by atoms with Crippen LogP contribution >= 0.6 is 0 Å². The molecular formula is C6H7F7N2O. The van der Waals surface area contributed by atoms with Crippen LogP contribution in [0.3, 0.4) is 0 Å². The first-order valence-corrected chi connectivity index (χ1v) is 3.70. The van der Waals surface area contributed by atoms with Crippen LogP contribution in [0.1, 0.15) is 6.42 Å². The second-order valence-electron chi connectivity index (χ2n) is 2.97. The Morgan fingerprint density at radius 1 is 1.06 bits per heavy atom. The molecular weight excluding hydrogens is 249 g/mol. The summed E-state index contributed by atoms with van der Waals surface area (Å²) in [4.78, 5) is 10.1. The molecule has 0 rings (SSSR count). The Kier molecular flexibility index (Phi) is 3.80. The Hall–Kier alpha value is -1.06. The number of hydrogen-bond donors (Lipinski definition) is 2. The minimum Gasteiger partial charge on any atom is -0.370 e. The Balaban J connectivity index is 5.11. The predicted molar refractivity (Wildman–Crippen MR) is 37.7 cm³/mol. The van der Waals surface area contributed by atoms with Crippen molar-refractivity contribution < 1.29 is 35.5 Å². The van der Waals surface area contributed by atoms with Crippen LogP contribution in [0.5, 0.6) is 0 Å². The van der Waals surface area contributed by atoms with E-state index in [1.54, 1.807) is 0 Å². The van der Waals surface area contributed by atoms with Gasteiger partial charge in [-0.25, -0.2) is 0 Å². The van der Waals surface area contributed by atoms with Crippen molar-refractivity contribution >= 4 is 5.91 Å². The first-order chi connectivity index (χ1) is 6.84. The van der Waals surface area contributed by atoms with E-state index in [1.807, 2.05) is 0 Å². The molecule has 0 spiro atoms. The summed E-state index contributed by atoms with van der Waals surface area (Å²) < 4.78 is 84.8. The topological polar surface area (TPSA) is 69.1 Å². The van der Waals surface area contributed by atoms with Crippen LogP contribution < -0.4 is 11.5 Å². The van der Waals surface area contributed by atoms with Gasteiger partial charge in [0, 0.05) is 6.42 Å². The number of rotatable bonds is 4. The summed E-state index contributed by atoms with van der Waals surface area (Å²) in [5.41, 5.74) is 8.77. The molecule has 0 aliphatic rings. The van der Waals surface area contributed by atoms with E-state index in [-0.39, 0.29) is 0 Å². The second kappa shape index (κ2) is 4.07. The SMILES string of the molecule is NC(=O)CC(N)C(F)(F)C(F)(F)C(F)(F)F. The Bertz CT molecular complexity index is 275. The van der Waals surface area contributed by atoms with E-state index < -0.39 is 36.4 Å². The number of carbonyl (C=O) groups excluding carboxylic acids is 1. The minimum atomic E-state index is -6.47. The largest absolute Gasteiger partial charge is 0.459 e. The van der Waals surface area contributed by atoms with Crippen molar-refractivity contribution in [2.45, 2.75) is 30.5 Å². The van der Waals surface area contributed by atoms with Crippen molar-refractivity contribution in [3.63, 3.8) is 0 Å². The third-order valence-corrected chi connectivity index (χ3v) is 1.66. The minimum absolute atomic E-state index is 1.49. The molecule has 0 saturated carbocycles. The lowest BCUT2D eigenvalue weighted by Gasteiger charge is -2.31. The van der Waals surface area contributed by atoms with Gasteiger partial charge in [-0.15, -0.1) is 0 Å². The van der Waals surface area contributed by atoms with Crippen LogP contribution in [-0.2, 0) is 4.79 Å². The van der Waals surface area contributed by atoms with E-state index >= 15 is 0 Å². The van der Waals surface area contributed by atoms with Crippen LogP contribution in [0.15, 0.2) is 0 Å². The zero-order valence-electron chi connectivity index (χ0n) is 7.49. The van der Waals surface area contributed by atoms with E-state index in [0.717, 1.165) is 0 Å². The zero-order chi connectivity index (χ0) is 13.4. The molecule has 0 saturated heterocycles. The average molecular weight is 256 g/mol. The van der Waals surface area contributed by atoms with Gasteiger partial charge in [-0.1, -0.05) is 0 Å².